The van der Waals surface area contributed by atoms with E-state index in [-0.39, 0.29) is 0 Å². The van der Waals surface area contributed by atoms with Gasteiger partial charge in [0, 0.05) is 11.6 Å². The molecule has 0 aliphatic rings. The first kappa shape index (κ1) is 13.6. The number of benzene rings is 2. The van der Waals surface area contributed by atoms with Crippen LogP contribution < -0.4 is 14.8 Å². The van der Waals surface area contributed by atoms with Gasteiger partial charge in [-0.25, -0.2) is 0 Å². The lowest BCUT2D eigenvalue weighted by Crippen LogP contribution is -2.12. The summed E-state index contributed by atoms with van der Waals surface area (Å²) in [4.78, 5) is 0. The van der Waals surface area contributed by atoms with Crippen LogP contribution in [0.25, 0.3) is 0 Å². The normalized spacial score (nSPS) is 10.0. The molecule has 2 rings (SSSR count). The first-order chi connectivity index (χ1) is 9.29. The largest absolute Gasteiger partial charge is 0.495 e. The van der Waals surface area contributed by atoms with Gasteiger partial charge in [0.05, 0.1) is 12.8 Å². The van der Waals surface area contributed by atoms with E-state index < -0.39 is 0 Å². The summed E-state index contributed by atoms with van der Waals surface area (Å²) < 4.78 is 10.8. The van der Waals surface area contributed by atoms with Crippen molar-refractivity contribution in [1.29, 1.82) is 0 Å². The van der Waals surface area contributed by atoms with Crippen molar-refractivity contribution in [3.05, 3.63) is 53.6 Å². The van der Waals surface area contributed by atoms with Crippen LogP contribution in [0.4, 0.5) is 5.69 Å². The smallest absolute Gasteiger partial charge is 0.142 e. The topological polar surface area (TPSA) is 30.5 Å². The van der Waals surface area contributed by atoms with Crippen LogP contribution in [0, 0.1) is 0 Å². The zero-order valence-electron chi connectivity index (χ0n) is 10.7. The quantitative estimate of drug-likeness (QED) is 0.814. The third-order valence-electron chi connectivity index (χ3n) is 2.59. The fraction of sp³-hybridized carbons (Fsp3) is 0.200. The van der Waals surface area contributed by atoms with Crippen LogP contribution in [-0.4, -0.2) is 20.3 Å². The zero-order valence-corrected chi connectivity index (χ0v) is 11.5. The molecule has 2 aromatic rings. The van der Waals surface area contributed by atoms with Crippen molar-refractivity contribution in [3.8, 4) is 11.5 Å². The second kappa shape index (κ2) is 6.90. The highest BCUT2D eigenvalue weighted by atomic mass is 35.5. The van der Waals surface area contributed by atoms with Gasteiger partial charge in [-0.1, -0.05) is 29.8 Å². The van der Waals surface area contributed by atoms with Gasteiger partial charge in [-0.2, -0.15) is 0 Å². The highest BCUT2D eigenvalue weighted by Gasteiger charge is 2.02. The molecule has 0 atom stereocenters. The first-order valence-corrected chi connectivity index (χ1v) is 6.42. The molecule has 0 bridgehead atoms. The Morgan fingerprint density at radius 3 is 2.63 bits per heavy atom. The number of hydrogen-bond donors (Lipinski definition) is 1. The number of methoxy groups -OCH3 is 1. The number of hydrogen-bond acceptors (Lipinski definition) is 3. The standard InChI is InChI=1S/C15H16ClNO2/c1-18-15-8-7-12(16)11-14(15)17-9-10-19-13-5-3-2-4-6-13/h2-8,11,17H,9-10H2,1H3. The van der Waals surface area contributed by atoms with Gasteiger partial charge in [0.2, 0.25) is 0 Å². The Morgan fingerprint density at radius 1 is 1.11 bits per heavy atom. The molecule has 0 saturated carbocycles. The summed E-state index contributed by atoms with van der Waals surface area (Å²) in [5.41, 5.74) is 0.867. The van der Waals surface area contributed by atoms with E-state index in [2.05, 4.69) is 5.32 Å². The lowest BCUT2D eigenvalue weighted by atomic mass is 10.3. The number of nitrogens with one attached hydrogen (secondary N) is 1. The van der Waals surface area contributed by atoms with Gasteiger partial charge in [-0.3, -0.25) is 0 Å². The van der Waals surface area contributed by atoms with E-state index in [0.717, 1.165) is 17.2 Å². The van der Waals surface area contributed by atoms with Crippen molar-refractivity contribution < 1.29 is 9.47 Å². The summed E-state index contributed by atoms with van der Waals surface area (Å²) in [6.07, 6.45) is 0. The van der Waals surface area contributed by atoms with E-state index in [0.29, 0.717) is 18.2 Å². The Hall–Kier alpha value is -1.87. The zero-order chi connectivity index (χ0) is 13.5. The maximum Gasteiger partial charge on any atom is 0.142 e. The summed E-state index contributed by atoms with van der Waals surface area (Å²) in [5.74, 6) is 1.63. The van der Waals surface area contributed by atoms with Gasteiger partial charge in [-0.05, 0) is 30.3 Å². The van der Waals surface area contributed by atoms with Crippen LogP contribution in [0.5, 0.6) is 11.5 Å². The van der Waals surface area contributed by atoms with E-state index >= 15 is 0 Å². The van der Waals surface area contributed by atoms with Gasteiger partial charge in [0.1, 0.15) is 18.1 Å². The van der Waals surface area contributed by atoms with Gasteiger partial charge in [-0.15, -0.1) is 0 Å². The number of halogens is 1. The predicted molar refractivity (Wildman–Crippen MR) is 78.4 cm³/mol. The van der Waals surface area contributed by atoms with Gasteiger partial charge in [0.15, 0.2) is 0 Å². The molecule has 0 fully saturated rings. The Bertz CT molecular complexity index is 517. The first-order valence-electron chi connectivity index (χ1n) is 6.05. The van der Waals surface area contributed by atoms with Crippen molar-refractivity contribution in [1.82, 2.24) is 0 Å². The molecule has 0 saturated heterocycles. The maximum absolute atomic E-state index is 5.96. The second-order valence-electron chi connectivity index (χ2n) is 3.93. The molecular weight excluding hydrogens is 262 g/mol. The minimum Gasteiger partial charge on any atom is -0.495 e. The van der Waals surface area contributed by atoms with Gasteiger partial charge in [0.25, 0.3) is 0 Å². The molecule has 0 spiro atoms. The van der Waals surface area contributed by atoms with Crippen molar-refractivity contribution in [2.45, 2.75) is 0 Å². The average molecular weight is 278 g/mol. The van der Waals surface area contributed by atoms with Crippen LogP contribution in [0.3, 0.4) is 0 Å². The molecule has 100 valence electrons. The third kappa shape index (κ3) is 4.07. The molecule has 2 aromatic carbocycles. The van der Waals surface area contributed by atoms with Crippen LogP contribution >= 0.6 is 11.6 Å². The highest BCUT2D eigenvalue weighted by molar-refractivity contribution is 6.30. The molecule has 0 amide bonds. The maximum atomic E-state index is 5.96. The predicted octanol–water partition coefficient (Wildman–Crippen LogP) is 3.84. The number of rotatable bonds is 6. The summed E-state index contributed by atoms with van der Waals surface area (Å²) in [7, 11) is 1.63. The van der Waals surface area contributed by atoms with E-state index in [1.54, 1.807) is 13.2 Å². The fourth-order valence-corrected chi connectivity index (χ4v) is 1.86. The molecule has 3 nitrogen and oxygen atoms in total. The monoisotopic (exact) mass is 277 g/mol. The molecule has 0 unspecified atom stereocenters. The Kier molecular flexibility index (Phi) is 4.93. The number of anilines is 1. The van der Waals surface area contributed by atoms with Crippen molar-refractivity contribution >= 4 is 17.3 Å². The lowest BCUT2D eigenvalue weighted by molar-refractivity contribution is 0.332. The van der Waals surface area contributed by atoms with E-state index in [9.17, 15) is 0 Å². The Morgan fingerprint density at radius 2 is 1.89 bits per heavy atom. The van der Waals surface area contributed by atoms with Crippen LogP contribution in [0.2, 0.25) is 5.02 Å². The average Bonchev–Trinajstić information content (AvgIpc) is 2.45. The molecule has 0 aliphatic heterocycles. The van der Waals surface area contributed by atoms with E-state index in [1.165, 1.54) is 0 Å². The summed E-state index contributed by atoms with van der Waals surface area (Å²) in [6, 6.07) is 15.2. The molecule has 1 N–H and O–H groups in total. The molecule has 4 heteroatoms. The number of para-hydroxylation sites is 1. The SMILES string of the molecule is COc1ccc(Cl)cc1NCCOc1ccccc1. The van der Waals surface area contributed by atoms with Crippen LogP contribution in [-0.2, 0) is 0 Å². The molecule has 0 radical (unpaired) electrons. The highest BCUT2D eigenvalue weighted by Crippen LogP contribution is 2.27. The van der Waals surface area contributed by atoms with Gasteiger partial charge < -0.3 is 14.8 Å². The van der Waals surface area contributed by atoms with Crippen LogP contribution in [0.15, 0.2) is 48.5 Å². The molecule has 0 heterocycles. The number of ether oxygens (including phenoxy) is 2. The Labute approximate surface area is 118 Å². The van der Waals surface area contributed by atoms with E-state index in [4.69, 9.17) is 21.1 Å². The minimum atomic E-state index is 0.569. The molecule has 0 aliphatic carbocycles. The van der Waals surface area contributed by atoms with Crippen molar-refractivity contribution in [2.24, 2.45) is 0 Å². The summed E-state index contributed by atoms with van der Waals surface area (Å²) in [5, 5.41) is 3.91. The second-order valence-corrected chi connectivity index (χ2v) is 4.37. The minimum absolute atomic E-state index is 0.569. The van der Waals surface area contributed by atoms with E-state index in [1.807, 2.05) is 42.5 Å². The van der Waals surface area contributed by atoms with Crippen molar-refractivity contribution in [2.75, 3.05) is 25.6 Å². The van der Waals surface area contributed by atoms with Crippen LogP contribution in [0.1, 0.15) is 0 Å². The summed E-state index contributed by atoms with van der Waals surface area (Å²) >= 11 is 5.96. The Balaban J connectivity index is 1.84. The molecular formula is C15H16ClNO2. The molecule has 0 aromatic heterocycles. The summed E-state index contributed by atoms with van der Waals surface area (Å²) in [6.45, 7) is 1.24. The van der Waals surface area contributed by atoms with Gasteiger partial charge >= 0.3 is 0 Å². The van der Waals surface area contributed by atoms with Crippen molar-refractivity contribution in [3.63, 3.8) is 0 Å². The fourth-order valence-electron chi connectivity index (χ4n) is 1.69. The molecule has 19 heavy (non-hydrogen) atoms. The third-order valence-corrected chi connectivity index (χ3v) is 2.83. The lowest BCUT2D eigenvalue weighted by Gasteiger charge is -2.12.